The Morgan fingerprint density at radius 2 is 0.448 bits per heavy atom. The van der Waals surface area contributed by atoms with E-state index in [1.165, 1.54) is 256 Å². The molecule has 0 fully saturated rings. The molecule has 0 bridgehead atoms. The van der Waals surface area contributed by atoms with Gasteiger partial charge in [-0.1, -0.05) is 307 Å². The Morgan fingerprint density at radius 1 is 0.284 bits per heavy atom. The molecule has 0 radical (unpaired) electrons. The minimum absolute atomic E-state index is 0. The summed E-state index contributed by atoms with van der Waals surface area (Å²) in [7, 11) is -8.72. The van der Waals surface area contributed by atoms with Gasteiger partial charge in [0.2, 0.25) is 0 Å². The van der Waals surface area contributed by atoms with Crippen LogP contribution in [0.4, 0.5) is 0 Å². The fourth-order valence-corrected chi connectivity index (χ4v) is 10.9. The van der Waals surface area contributed by atoms with Crippen LogP contribution in [0.5, 0.6) is 0 Å². The molecule has 9 heteroatoms. The van der Waals surface area contributed by atoms with Crippen molar-refractivity contribution in [3.63, 3.8) is 0 Å². The summed E-state index contributed by atoms with van der Waals surface area (Å²) >= 11 is 0. The predicted octanol–water partition coefficient (Wildman–Crippen LogP) is 18.3. The second-order valence-electron chi connectivity index (χ2n) is 19.8. The third kappa shape index (κ3) is 42.1. The molecule has 0 heterocycles. The van der Waals surface area contributed by atoms with Crippen LogP contribution < -0.4 is 0 Å². The van der Waals surface area contributed by atoms with Gasteiger partial charge in [-0.2, -0.15) is 0 Å². The molecule has 0 saturated heterocycles. The molecular weight excluding hydrogens is 994 g/mol. The standard InChI is InChI=1S/2C29H52O3S.Ba/c2*1-2-3-4-5-6-7-8-9-10-11-12-13-14-15-16-17-18-19-20-21-22-25-28-26-23-24-27-29(28)33(30,31)32;/h2*23-24,26-27H,2-22,25H2,1H3,(H,30,31,32);/q;;+2/p-2. The van der Waals surface area contributed by atoms with Crippen LogP contribution in [0.15, 0.2) is 58.3 Å². The fraction of sp³-hybridized carbons (Fsp3) is 0.793. The van der Waals surface area contributed by atoms with Crippen LogP contribution in [0, 0.1) is 0 Å². The van der Waals surface area contributed by atoms with Crippen molar-refractivity contribution >= 4 is 69.1 Å². The van der Waals surface area contributed by atoms with Crippen LogP contribution in [0.1, 0.15) is 295 Å². The second-order valence-corrected chi connectivity index (χ2v) is 22.5. The number of hydrogen-bond acceptors (Lipinski definition) is 6. The summed E-state index contributed by atoms with van der Waals surface area (Å²) in [5, 5.41) is 0. The molecule has 0 unspecified atom stereocenters. The Balaban J connectivity index is 0.00000128. The molecule has 0 aromatic heterocycles. The summed E-state index contributed by atoms with van der Waals surface area (Å²) in [6.07, 6.45) is 58.3. The molecule has 2 aromatic carbocycles. The first-order valence-electron chi connectivity index (χ1n) is 28.2. The van der Waals surface area contributed by atoms with Crippen LogP contribution in [0.2, 0.25) is 0 Å². The summed E-state index contributed by atoms with van der Waals surface area (Å²) < 4.78 is 67.9. The predicted molar refractivity (Wildman–Crippen MR) is 287 cm³/mol. The zero-order valence-corrected chi connectivity index (χ0v) is 49.8. The topological polar surface area (TPSA) is 114 Å². The van der Waals surface area contributed by atoms with Gasteiger partial charge in [-0.3, -0.25) is 0 Å². The van der Waals surface area contributed by atoms with Gasteiger partial charge in [0.05, 0.1) is 9.79 Å². The van der Waals surface area contributed by atoms with E-state index in [2.05, 4.69) is 13.8 Å². The van der Waals surface area contributed by atoms with E-state index in [-0.39, 0.29) is 58.7 Å². The minimum atomic E-state index is -4.36. The average Bonchev–Trinajstić information content (AvgIpc) is 3.30. The maximum Gasteiger partial charge on any atom is 2.00 e. The first-order chi connectivity index (χ1) is 32.1. The van der Waals surface area contributed by atoms with Crippen molar-refractivity contribution in [3.8, 4) is 0 Å². The molecule has 0 aliphatic heterocycles. The van der Waals surface area contributed by atoms with Crippen LogP contribution in [0.25, 0.3) is 0 Å². The van der Waals surface area contributed by atoms with E-state index >= 15 is 0 Å². The molecular formula is C58H102BaO6S2. The molecule has 0 aliphatic rings. The van der Waals surface area contributed by atoms with E-state index < -0.39 is 20.2 Å². The second kappa shape index (κ2) is 48.1. The summed E-state index contributed by atoms with van der Waals surface area (Å²) in [6.45, 7) is 4.57. The van der Waals surface area contributed by atoms with Crippen molar-refractivity contribution in [2.75, 3.05) is 0 Å². The first-order valence-corrected chi connectivity index (χ1v) is 31.0. The average molecular weight is 1100 g/mol. The zero-order chi connectivity index (χ0) is 48.1. The van der Waals surface area contributed by atoms with E-state index in [4.69, 9.17) is 0 Å². The molecule has 2 rings (SSSR count). The SMILES string of the molecule is CCCCCCCCCCCCCCCCCCCCCCCc1ccccc1S(=O)(=O)[O-].CCCCCCCCCCCCCCCCCCCCCCCc1ccccc1S(=O)(=O)[O-].[Ba+2]. The van der Waals surface area contributed by atoms with Gasteiger partial charge in [0, 0.05) is 0 Å². The van der Waals surface area contributed by atoms with Gasteiger partial charge in [-0.25, -0.2) is 16.8 Å². The molecule has 6 nitrogen and oxygen atoms in total. The van der Waals surface area contributed by atoms with E-state index in [1.807, 2.05) is 0 Å². The Labute approximate surface area is 456 Å². The van der Waals surface area contributed by atoms with Crippen molar-refractivity contribution in [3.05, 3.63) is 59.7 Å². The summed E-state index contributed by atoms with van der Waals surface area (Å²) in [6, 6.07) is 13.2. The van der Waals surface area contributed by atoms with Crippen molar-refractivity contribution in [2.24, 2.45) is 0 Å². The smallest absolute Gasteiger partial charge is 0.744 e. The van der Waals surface area contributed by atoms with Gasteiger partial charge in [0.1, 0.15) is 20.2 Å². The first kappa shape index (κ1) is 66.8. The van der Waals surface area contributed by atoms with Crippen LogP contribution in [-0.2, 0) is 33.1 Å². The zero-order valence-electron chi connectivity index (χ0n) is 43.7. The molecule has 67 heavy (non-hydrogen) atoms. The van der Waals surface area contributed by atoms with Crippen molar-refractivity contribution in [1.29, 1.82) is 0 Å². The number of hydrogen-bond donors (Lipinski definition) is 0. The third-order valence-electron chi connectivity index (χ3n) is 13.6. The Kier molecular flexibility index (Phi) is 48.0. The largest absolute Gasteiger partial charge is 2.00 e. The number of unbranched alkanes of at least 4 members (excludes halogenated alkanes) is 40. The van der Waals surface area contributed by atoms with Gasteiger partial charge >= 0.3 is 48.9 Å². The van der Waals surface area contributed by atoms with Gasteiger partial charge in [0.25, 0.3) is 0 Å². The molecule has 0 N–H and O–H groups in total. The Hall–Kier alpha value is -0.169. The monoisotopic (exact) mass is 1100 g/mol. The molecule has 0 amide bonds. The molecule has 384 valence electrons. The summed E-state index contributed by atoms with van der Waals surface area (Å²) in [5.74, 6) is 0. The van der Waals surface area contributed by atoms with Gasteiger partial charge in [-0.05, 0) is 48.9 Å². The summed E-state index contributed by atoms with van der Waals surface area (Å²) in [5.41, 5.74) is 1.34. The van der Waals surface area contributed by atoms with E-state index in [1.54, 1.807) is 36.4 Å². The van der Waals surface area contributed by atoms with Crippen LogP contribution >= 0.6 is 0 Å². The van der Waals surface area contributed by atoms with Crippen molar-refractivity contribution in [2.45, 2.75) is 306 Å². The van der Waals surface area contributed by atoms with Crippen LogP contribution in [0.3, 0.4) is 0 Å². The molecule has 0 atom stereocenters. The number of aryl methyl sites for hydroxylation is 2. The fourth-order valence-electron chi connectivity index (χ4n) is 9.40. The molecule has 0 spiro atoms. The van der Waals surface area contributed by atoms with Crippen LogP contribution in [-0.4, -0.2) is 74.8 Å². The Morgan fingerprint density at radius 3 is 0.627 bits per heavy atom. The molecule has 0 saturated carbocycles. The van der Waals surface area contributed by atoms with Gasteiger partial charge < -0.3 is 9.11 Å². The summed E-state index contributed by atoms with van der Waals surface area (Å²) in [4.78, 5) is -0.0867. The van der Waals surface area contributed by atoms with E-state index in [0.29, 0.717) is 24.0 Å². The number of benzene rings is 2. The quantitative estimate of drug-likeness (QED) is 0.0371. The maximum absolute atomic E-state index is 11.3. The van der Waals surface area contributed by atoms with Gasteiger partial charge in [0.15, 0.2) is 0 Å². The maximum atomic E-state index is 11.3. The Bertz CT molecular complexity index is 1460. The van der Waals surface area contributed by atoms with E-state index in [0.717, 1.165) is 25.7 Å². The van der Waals surface area contributed by atoms with Crippen molar-refractivity contribution < 1.29 is 25.9 Å². The molecule has 0 aliphatic carbocycles. The van der Waals surface area contributed by atoms with Crippen molar-refractivity contribution in [1.82, 2.24) is 0 Å². The van der Waals surface area contributed by atoms with E-state index in [9.17, 15) is 25.9 Å². The normalized spacial score (nSPS) is 11.6. The number of rotatable bonds is 46. The molecule has 2 aromatic rings. The van der Waals surface area contributed by atoms with Gasteiger partial charge in [-0.15, -0.1) is 0 Å². The third-order valence-corrected chi connectivity index (χ3v) is 15.5. The minimum Gasteiger partial charge on any atom is -0.744 e.